The van der Waals surface area contributed by atoms with E-state index in [9.17, 15) is 0 Å². The van der Waals surface area contributed by atoms with Crippen LogP contribution in [0.2, 0.25) is 0 Å². The van der Waals surface area contributed by atoms with E-state index in [1.165, 1.54) is 57.1 Å². The summed E-state index contributed by atoms with van der Waals surface area (Å²) < 4.78 is 0. The van der Waals surface area contributed by atoms with Crippen LogP contribution in [-0.2, 0) is 11.8 Å². The molecule has 0 amide bonds. The number of hydrogen-bond acceptors (Lipinski definition) is 2. The predicted molar refractivity (Wildman–Crippen MR) is 145 cm³/mol. The van der Waals surface area contributed by atoms with Crippen molar-refractivity contribution < 1.29 is 0 Å². The number of benzene rings is 1. The topological polar surface area (TPSA) is 24.1 Å². The SMILES string of the molecule is CC(C)c1ccc2c(c1)CC[C@H]1[C@](C)(CNCCN[C@H]3C[C@H]4C[C@@H]([C@@H]3C)C4(C)C)CCC[C@]21C. The summed E-state index contributed by atoms with van der Waals surface area (Å²) in [5, 5.41) is 7.87. The third kappa shape index (κ3) is 4.00. The van der Waals surface area contributed by atoms with Crippen molar-refractivity contribution >= 4 is 0 Å². The van der Waals surface area contributed by atoms with Crippen molar-refractivity contribution in [1.29, 1.82) is 0 Å². The summed E-state index contributed by atoms with van der Waals surface area (Å²) in [7, 11) is 0. The summed E-state index contributed by atoms with van der Waals surface area (Å²) >= 11 is 0. The Balaban J connectivity index is 1.17. The van der Waals surface area contributed by atoms with Gasteiger partial charge in [0, 0.05) is 25.7 Å². The summed E-state index contributed by atoms with van der Waals surface area (Å²) in [6.45, 7) is 20.8. The minimum Gasteiger partial charge on any atom is -0.315 e. The van der Waals surface area contributed by atoms with Gasteiger partial charge in [-0.25, -0.2) is 0 Å². The number of hydrogen-bond donors (Lipinski definition) is 2. The summed E-state index contributed by atoms with van der Waals surface area (Å²) in [6.07, 6.45) is 9.61. The highest BCUT2D eigenvalue weighted by Gasteiger charge is 2.56. The Morgan fingerprint density at radius 1 is 1.03 bits per heavy atom. The molecule has 0 radical (unpaired) electrons. The lowest BCUT2D eigenvalue weighted by Crippen LogP contribution is -2.60. The first-order chi connectivity index (χ1) is 16.1. The Kier molecular flexibility index (Phi) is 6.50. The van der Waals surface area contributed by atoms with Crippen molar-refractivity contribution in [3.8, 4) is 0 Å². The monoisotopic (exact) mass is 464 g/mol. The van der Waals surface area contributed by atoms with Crippen LogP contribution in [0.1, 0.15) is 110 Å². The van der Waals surface area contributed by atoms with Gasteiger partial charge in [-0.1, -0.05) is 73.1 Å². The van der Waals surface area contributed by atoms with Crippen molar-refractivity contribution in [3.05, 3.63) is 34.9 Å². The van der Waals surface area contributed by atoms with Crippen molar-refractivity contribution in [1.82, 2.24) is 10.6 Å². The van der Waals surface area contributed by atoms with E-state index in [1.54, 1.807) is 11.1 Å². The normalized spacial score (nSPS) is 40.4. The lowest BCUT2D eigenvalue weighted by Gasteiger charge is -2.62. The molecule has 1 aromatic carbocycles. The van der Waals surface area contributed by atoms with Crippen LogP contribution in [0.15, 0.2) is 18.2 Å². The maximum atomic E-state index is 3.95. The van der Waals surface area contributed by atoms with E-state index in [0.29, 0.717) is 22.2 Å². The van der Waals surface area contributed by atoms with E-state index in [1.807, 2.05) is 0 Å². The molecule has 0 heterocycles. The summed E-state index contributed by atoms with van der Waals surface area (Å²) in [5.74, 6) is 4.12. The fourth-order valence-corrected chi connectivity index (χ4v) is 9.35. The number of aryl methyl sites for hydroxylation is 1. The van der Waals surface area contributed by atoms with Gasteiger partial charge in [0.1, 0.15) is 0 Å². The predicted octanol–water partition coefficient (Wildman–Crippen LogP) is 7.07. The molecule has 190 valence electrons. The molecule has 0 aromatic heterocycles. The molecule has 0 spiro atoms. The molecule has 0 unspecified atom stereocenters. The highest BCUT2D eigenvalue weighted by molar-refractivity contribution is 5.42. The maximum absolute atomic E-state index is 3.95. The molecule has 1 aromatic rings. The standard InChI is InChI=1S/C32H52N2/c1-21(2)23-9-11-26-24(17-23)10-12-29-31(6,13-8-14-32(26,29)7)20-33-15-16-34-28-19-25-18-27(22(28)3)30(25,4)5/h9,11,17,21-22,25,27-29,33-34H,8,10,12-16,18-20H2,1-7H3/t22-,25+,27-,28-,29-,31-,32+/m0/s1. The van der Waals surface area contributed by atoms with Gasteiger partial charge in [-0.05, 0) is 101 Å². The van der Waals surface area contributed by atoms with Crippen LogP contribution in [0.5, 0.6) is 0 Å². The third-order valence-electron chi connectivity index (χ3n) is 11.8. The quantitative estimate of drug-likeness (QED) is 0.422. The van der Waals surface area contributed by atoms with E-state index in [2.05, 4.69) is 77.3 Å². The highest BCUT2D eigenvalue weighted by Crippen LogP contribution is 2.61. The van der Waals surface area contributed by atoms with Crippen molar-refractivity contribution in [2.75, 3.05) is 19.6 Å². The lowest BCUT2D eigenvalue weighted by molar-refractivity contribution is -0.114. The van der Waals surface area contributed by atoms with Crippen LogP contribution in [0.25, 0.3) is 0 Å². The lowest BCUT2D eigenvalue weighted by atomic mass is 9.45. The molecule has 7 atom stereocenters. The van der Waals surface area contributed by atoms with Crippen molar-refractivity contribution in [2.45, 2.75) is 111 Å². The minimum atomic E-state index is 0.349. The van der Waals surface area contributed by atoms with E-state index >= 15 is 0 Å². The second-order valence-electron chi connectivity index (χ2n) is 14.3. The van der Waals surface area contributed by atoms with Crippen molar-refractivity contribution in [2.24, 2.45) is 34.5 Å². The molecule has 34 heavy (non-hydrogen) atoms. The fourth-order valence-electron chi connectivity index (χ4n) is 9.35. The first-order valence-corrected chi connectivity index (χ1v) is 14.6. The molecule has 5 aliphatic rings. The first kappa shape index (κ1) is 24.8. The van der Waals surface area contributed by atoms with E-state index in [0.717, 1.165) is 42.8 Å². The smallest absolute Gasteiger partial charge is 0.00989 e. The first-order valence-electron chi connectivity index (χ1n) is 14.6. The molecule has 0 aliphatic heterocycles. The summed E-state index contributed by atoms with van der Waals surface area (Å²) in [4.78, 5) is 0. The molecule has 5 aliphatic carbocycles. The average Bonchev–Trinajstić information content (AvgIpc) is 2.79. The van der Waals surface area contributed by atoms with Crippen LogP contribution in [0.3, 0.4) is 0 Å². The summed E-state index contributed by atoms with van der Waals surface area (Å²) in [6, 6.07) is 8.20. The zero-order valence-corrected chi connectivity index (χ0v) is 23.3. The second-order valence-corrected chi connectivity index (χ2v) is 14.3. The van der Waals surface area contributed by atoms with Crippen LogP contribution < -0.4 is 10.6 Å². The molecule has 2 bridgehead atoms. The van der Waals surface area contributed by atoms with Gasteiger partial charge in [0.05, 0.1) is 0 Å². The third-order valence-corrected chi connectivity index (χ3v) is 11.8. The van der Waals surface area contributed by atoms with Gasteiger partial charge >= 0.3 is 0 Å². The Morgan fingerprint density at radius 2 is 1.82 bits per heavy atom. The number of fused-ring (bicyclic) bond motifs is 5. The maximum Gasteiger partial charge on any atom is 0.00989 e. The molecule has 4 saturated carbocycles. The molecule has 2 N–H and O–H groups in total. The van der Waals surface area contributed by atoms with Gasteiger partial charge < -0.3 is 10.6 Å². The average molecular weight is 465 g/mol. The van der Waals surface area contributed by atoms with Crippen LogP contribution in [0.4, 0.5) is 0 Å². The Bertz CT molecular complexity index is 887. The Labute approximate surface area is 210 Å². The van der Waals surface area contributed by atoms with Gasteiger partial charge in [-0.15, -0.1) is 0 Å². The molecular weight excluding hydrogens is 412 g/mol. The largest absolute Gasteiger partial charge is 0.315 e. The minimum absolute atomic E-state index is 0.349. The van der Waals surface area contributed by atoms with E-state index in [4.69, 9.17) is 0 Å². The van der Waals surface area contributed by atoms with E-state index < -0.39 is 0 Å². The Morgan fingerprint density at radius 3 is 2.53 bits per heavy atom. The van der Waals surface area contributed by atoms with Gasteiger partial charge in [0.15, 0.2) is 0 Å². The number of rotatable bonds is 7. The van der Waals surface area contributed by atoms with Gasteiger partial charge in [-0.2, -0.15) is 0 Å². The van der Waals surface area contributed by atoms with E-state index in [-0.39, 0.29) is 0 Å². The number of nitrogens with one attached hydrogen (secondary N) is 2. The van der Waals surface area contributed by atoms with Crippen LogP contribution >= 0.6 is 0 Å². The fraction of sp³-hybridized carbons (Fsp3) is 0.812. The van der Waals surface area contributed by atoms with Crippen LogP contribution in [-0.4, -0.2) is 25.7 Å². The Hall–Kier alpha value is -0.860. The zero-order valence-electron chi connectivity index (χ0n) is 23.3. The molecule has 4 fully saturated rings. The molecule has 2 heteroatoms. The second kappa shape index (κ2) is 8.91. The van der Waals surface area contributed by atoms with Gasteiger partial charge in [0.25, 0.3) is 0 Å². The zero-order chi connectivity index (χ0) is 24.3. The van der Waals surface area contributed by atoms with Crippen LogP contribution in [0, 0.1) is 34.5 Å². The summed E-state index contributed by atoms with van der Waals surface area (Å²) in [5.41, 5.74) is 6.18. The molecule has 0 saturated heterocycles. The molecule has 6 rings (SSSR count). The molecule has 2 nitrogen and oxygen atoms in total. The highest BCUT2D eigenvalue weighted by atomic mass is 15.0. The van der Waals surface area contributed by atoms with Crippen molar-refractivity contribution in [3.63, 3.8) is 0 Å². The molecular formula is C32H52N2. The van der Waals surface area contributed by atoms with Gasteiger partial charge in [-0.3, -0.25) is 0 Å². The van der Waals surface area contributed by atoms with Gasteiger partial charge in [0.2, 0.25) is 0 Å².